The molecule has 56 heavy (non-hydrogen) atoms. The van der Waals surface area contributed by atoms with Crippen molar-refractivity contribution in [2.24, 2.45) is 0 Å². The second-order valence-corrected chi connectivity index (χ2v) is 14.7. The molecule has 0 N–H and O–H groups in total. The summed E-state index contributed by atoms with van der Waals surface area (Å²) in [5.74, 6) is 1.45. The SMILES string of the molecule is Cc1cc(C)c(-c2cn3c4cccnc4c4ccc(Oc5ccc6c7ccccc7n7c(-c8ccccc8)c(-c8ccccc8)nc7c6c5)cc4c3n2)c(C)c1. The van der Waals surface area contributed by atoms with Crippen LogP contribution in [0, 0.1) is 20.8 Å². The minimum absolute atomic E-state index is 0.719. The summed E-state index contributed by atoms with van der Waals surface area (Å²) >= 11 is 0. The van der Waals surface area contributed by atoms with E-state index in [1.165, 1.54) is 16.7 Å². The number of nitrogens with zero attached hydrogens (tertiary/aromatic N) is 5. The normalized spacial score (nSPS) is 11.8. The van der Waals surface area contributed by atoms with Gasteiger partial charge in [-0.1, -0.05) is 96.6 Å². The highest BCUT2D eigenvalue weighted by Gasteiger charge is 2.22. The molecule has 0 aliphatic carbocycles. The van der Waals surface area contributed by atoms with Gasteiger partial charge in [0.25, 0.3) is 0 Å². The molecule has 0 saturated heterocycles. The topological polar surface area (TPSA) is 56.7 Å². The zero-order valence-corrected chi connectivity index (χ0v) is 31.2. The summed E-state index contributed by atoms with van der Waals surface area (Å²) in [5, 5.41) is 5.29. The van der Waals surface area contributed by atoms with Crippen molar-refractivity contribution in [2.75, 3.05) is 0 Å². The van der Waals surface area contributed by atoms with Gasteiger partial charge in [-0.3, -0.25) is 13.8 Å². The number of ether oxygens (including phenoxy) is 1. The molecule has 5 aromatic heterocycles. The van der Waals surface area contributed by atoms with Crippen LogP contribution in [-0.2, 0) is 0 Å². The highest BCUT2D eigenvalue weighted by molar-refractivity contribution is 6.14. The van der Waals surface area contributed by atoms with Crippen molar-refractivity contribution in [1.82, 2.24) is 23.8 Å². The van der Waals surface area contributed by atoms with Gasteiger partial charge in [-0.15, -0.1) is 0 Å². The number of hydrogen-bond acceptors (Lipinski definition) is 4. The minimum atomic E-state index is 0.719. The average molecular weight is 722 g/mol. The first kappa shape index (κ1) is 32.1. The molecule has 0 fully saturated rings. The number of para-hydroxylation sites is 1. The van der Waals surface area contributed by atoms with Crippen LogP contribution in [-0.4, -0.2) is 23.8 Å². The fraction of sp³-hybridized carbons (Fsp3) is 0.0600. The highest BCUT2D eigenvalue weighted by atomic mass is 16.5. The smallest absolute Gasteiger partial charge is 0.146 e. The van der Waals surface area contributed by atoms with Gasteiger partial charge in [0, 0.05) is 50.6 Å². The van der Waals surface area contributed by atoms with Gasteiger partial charge in [-0.2, -0.15) is 0 Å². The van der Waals surface area contributed by atoms with Gasteiger partial charge in [0.2, 0.25) is 0 Å². The molecule has 0 saturated carbocycles. The van der Waals surface area contributed by atoms with Gasteiger partial charge in [-0.05, 0) is 91.9 Å². The molecule has 0 aliphatic heterocycles. The standard InChI is InChI=1S/C50H35N5O/c1-30-25-31(2)45(32(3)26-30)42-29-54-44-19-12-24-51-47(44)39-23-21-36(28-41(39)49(54)52-42)56-35-20-22-37-38-17-10-11-18-43(38)55-48(34-15-8-5-9-16-34)46(33-13-6-4-7-14-33)53-50(55)40(37)27-35/h4-29H,1-3H3. The Labute approximate surface area is 322 Å². The maximum atomic E-state index is 6.77. The van der Waals surface area contributed by atoms with Crippen molar-refractivity contribution >= 4 is 54.8 Å². The Balaban J connectivity index is 1.11. The number of hydrogen-bond donors (Lipinski definition) is 0. The Morgan fingerprint density at radius 3 is 1.91 bits per heavy atom. The van der Waals surface area contributed by atoms with Crippen molar-refractivity contribution < 1.29 is 4.74 Å². The van der Waals surface area contributed by atoms with Crippen LogP contribution in [0.5, 0.6) is 11.5 Å². The molecule has 0 unspecified atom stereocenters. The maximum Gasteiger partial charge on any atom is 0.146 e. The van der Waals surface area contributed by atoms with Crippen molar-refractivity contribution in [2.45, 2.75) is 20.8 Å². The molecule has 6 nitrogen and oxygen atoms in total. The predicted molar refractivity (Wildman–Crippen MR) is 229 cm³/mol. The lowest BCUT2D eigenvalue weighted by Crippen LogP contribution is -1.95. The Morgan fingerprint density at radius 1 is 0.518 bits per heavy atom. The van der Waals surface area contributed by atoms with E-state index in [2.05, 4.69) is 163 Å². The van der Waals surface area contributed by atoms with Gasteiger partial charge in [0.15, 0.2) is 0 Å². The molecular weight excluding hydrogens is 687 g/mol. The van der Waals surface area contributed by atoms with Gasteiger partial charge in [-0.25, -0.2) is 9.97 Å². The Bertz CT molecular complexity index is 3340. The summed E-state index contributed by atoms with van der Waals surface area (Å²) in [7, 11) is 0. The van der Waals surface area contributed by atoms with Crippen LogP contribution < -0.4 is 4.74 Å². The van der Waals surface area contributed by atoms with Crippen LogP contribution in [0.1, 0.15) is 16.7 Å². The second-order valence-electron chi connectivity index (χ2n) is 14.7. The molecule has 11 rings (SSSR count). The van der Waals surface area contributed by atoms with E-state index >= 15 is 0 Å². The molecule has 0 radical (unpaired) electrons. The lowest BCUT2D eigenvalue weighted by Gasteiger charge is -2.13. The summed E-state index contributed by atoms with van der Waals surface area (Å²) in [6.07, 6.45) is 4.00. The third kappa shape index (κ3) is 4.92. The van der Waals surface area contributed by atoms with Crippen LogP contribution in [0.4, 0.5) is 0 Å². The summed E-state index contributed by atoms with van der Waals surface area (Å²) < 4.78 is 11.3. The van der Waals surface area contributed by atoms with Crippen LogP contribution >= 0.6 is 0 Å². The van der Waals surface area contributed by atoms with Gasteiger partial charge >= 0.3 is 0 Å². The molecule has 6 aromatic carbocycles. The Morgan fingerprint density at radius 2 is 1.16 bits per heavy atom. The van der Waals surface area contributed by atoms with Crippen LogP contribution in [0.3, 0.4) is 0 Å². The van der Waals surface area contributed by atoms with E-state index in [0.717, 1.165) is 100 Å². The predicted octanol–water partition coefficient (Wildman–Crippen LogP) is 12.7. The first-order chi connectivity index (χ1) is 27.5. The van der Waals surface area contributed by atoms with Crippen molar-refractivity contribution in [3.63, 3.8) is 0 Å². The molecule has 5 heterocycles. The number of rotatable bonds is 5. The number of pyridine rings is 3. The maximum absolute atomic E-state index is 6.77. The Kier molecular flexibility index (Phi) is 7.10. The number of aryl methyl sites for hydroxylation is 3. The lowest BCUT2D eigenvalue weighted by molar-refractivity contribution is 0.484. The zero-order valence-electron chi connectivity index (χ0n) is 31.2. The molecule has 0 aliphatic rings. The van der Waals surface area contributed by atoms with Crippen LogP contribution in [0.2, 0.25) is 0 Å². The quantitative estimate of drug-likeness (QED) is 0.166. The van der Waals surface area contributed by atoms with Gasteiger partial charge in [0.1, 0.15) is 22.8 Å². The molecule has 11 aromatic rings. The van der Waals surface area contributed by atoms with E-state index in [1.807, 2.05) is 24.4 Å². The molecule has 266 valence electrons. The molecule has 0 bridgehead atoms. The summed E-state index contributed by atoms with van der Waals surface area (Å²) in [6.45, 7) is 6.47. The first-order valence-electron chi connectivity index (χ1n) is 18.9. The number of aromatic nitrogens is 5. The third-order valence-electron chi connectivity index (χ3n) is 11.0. The molecule has 0 amide bonds. The van der Waals surface area contributed by atoms with E-state index in [9.17, 15) is 0 Å². The van der Waals surface area contributed by atoms with Crippen molar-refractivity contribution in [3.05, 3.63) is 175 Å². The summed E-state index contributed by atoms with van der Waals surface area (Å²) in [5.41, 5.74) is 14.7. The van der Waals surface area contributed by atoms with Crippen molar-refractivity contribution in [3.8, 4) is 45.3 Å². The lowest BCUT2D eigenvalue weighted by atomic mass is 9.98. The summed E-state index contributed by atoms with van der Waals surface area (Å²) in [6, 6.07) is 50.7. The van der Waals surface area contributed by atoms with E-state index in [1.54, 1.807) is 0 Å². The monoisotopic (exact) mass is 721 g/mol. The molecule has 0 spiro atoms. The largest absolute Gasteiger partial charge is 0.457 e. The van der Waals surface area contributed by atoms with Crippen molar-refractivity contribution in [1.29, 1.82) is 0 Å². The van der Waals surface area contributed by atoms with Gasteiger partial charge < -0.3 is 4.74 Å². The average Bonchev–Trinajstić information content (AvgIpc) is 3.85. The fourth-order valence-corrected chi connectivity index (χ4v) is 8.77. The highest BCUT2D eigenvalue weighted by Crippen LogP contribution is 2.41. The summed E-state index contributed by atoms with van der Waals surface area (Å²) in [4.78, 5) is 15.6. The fourth-order valence-electron chi connectivity index (χ4n) is 8.77. The Hall–Kier alpha value is -7.31. The number of benzene rings is 6. The number of fused-ring (bicyclic) bond motifs is 12. The molecule has 6 heteroatoms. The second kappa shape index (κ2) is 12.4. The van der Waals surface area contributed by atoms with E-state index in [-0.39, 0.29) is 0 Å². The molecular formula is C50H35N5O. The van der Waals surface area contributed by atoms with Gasteiger partial charge in [0.05, 0.1) is 33.6 Å². The minimum Gasteiger partial charge on any atom is -0.457 e. The van der Waals surface area contributed by atoms with E-state index in [4.69, 9.17) is 19.7 Å². The molecule has 0 atom stereocenters. The number of imidazole rings is 2. The van der Waals surface area contributed by atoms with Crippen LogP contribution in [0.25, 0.3) is 88.5 Å². The zero-order chi connectivity index (χ0) is 37.5. The van der Waals surface area contributed by atoms with E-state index < -0.39 is 0 Å². The third-order valence-corrected chi connectivity index (χ3v) is 11.0. The van der Waals surface area contributed by atoms with E-state index in [0.29, 0.717) is 0 Å². The first-order valence-corrected chi connectivity index (χ1v) is 18.9. The van der Waals surface area contributed by atoms with Crippen LogP contribution in [0.15, 0.2) is 158 Å².